The Morgan fingerprint density at radius 1 is 1.19 bits per heavy atom. The van der Waals surface area contributed by atoms with Crippen LogP contribution in [0.5, 0.6) is 0 Å². The number of anilines is 1. The predicted molar refractivity (Wildman–Crippen MR) is 55.1 cm³/mol. The van der Waals surface area contributed by atoms with Crippen LogP contribution in [-0.4, -0.2) is 10.9 Å². The predicted octanol–water partition coefficient (Wildman–Crippen LogP) is 2.55. The number of hydrogen-bond acceptors (Lipinski definition) is 1. The molecule has 0 saturated heterocycles. The fraction of sp³-hybridized carbons (Fsp3) is 0. The molecule has 1 aromatic heterocycles. The van der Waals surface area contributed by atoms with Crippen molar-refractivity contribution in [3.05, 3.63) is 53.9 Å². The van der Waals surface area contributed by atoms with Crippen molar-refractivity contribution in [3.63, 3.8) is 0 Å². The maximum Gasteiger partial charge on any atom is 0.257 e. The van der Waals surface area contributed by atoms with E-state index in [1.54, 1.807) is 6.20 Å². The Balaban J connectivity index is 2.25. The Morgan fingerprint density at radius 2 is 1.88 bits per heavy atom. The van der Waals surface area contributed by atoms with Crippen molar-refractivity contribution in [2.45, 2.75) is 0 Å². The van der Waals surface area contributed by atoms with Gasteiger partial charge in [0.1, 0.15) is 17.3 Å². The molecule has 82 valence electrons. The molecular weight excluding hydrogens is 214 g/mol. The van der Waals surface area contributed by atoms with Gasteiger partial charge in [-0.05, 0) is 18.2 Å². The first-order valence-electron chi connectivity index (χ1n) is 4.56. The van der Waals surface area contributed by atoms with Gasteiger partial charge < -0.3 is 10.3 Å². The van der Waals surface area contributed by atoms with Gasteiger partial charge in [0, 0.05) is 12.4 Å². The van der Waals surface area contributed by atoms with E-state index in [9.17, 15) is 13.6 Å². The first kappa shape index (κ1) is 10.4. The van der Waals surface area contributed by atoms with Crippen molar-refractivity contribution < 1.29 is 13.6 Å². The van der Waals surface area contributed by atoms with E-state index in [1.807, 2.05) is 0 Å². The minimum Gasteiger partial charge on any atom is -0.367 e. The fourth-order valence-electron chi connectivity index (χ4n) is 1.27. The summed E-state index contributed by atoms with van der Waals surface area (Å²) in [6.07, 6.45) is 2.99. The number of para-hydroxylation sites is 1. The molecule has 2 N–H and O–H groups in total. The molecule has 0 bridgehead atoms. The zero-order valence-corrected chi connectivity index (χ0v) is 8.13. The molecular formula is C11H8F2N2O. The van der Waals surface area contributed by atoms with Crippen molar-refractivity contribution >= 4 is 11.6 Å². The van der Waals surface area contributed by atoms with Gasteiger partial charge >= 0.3 is 0 Å². The summed E-state index contributed by atoms with van der Waals surface area (Å²) in [6.45, 7) is 0. The Hall–Kier alpha value is -2.17. The molecule has 2 rings (SSSR count). The molecule has 3 nitrogen and oxygen atoms in total. The Morgan fingerprint density at radius 3 is 2.44 bits per heavy atom. The van der Waals surface area contributed by atoms with Crippen LogP contribution in [0.15, 0.2) is 36.7 Å². The van der Waals surface area contributed by atoms with Gasteiger partial charge in [0.2, 0.25) is 0 Å². The lowest BCUT2D eigenvalue weighted by Gasteiger charge is -2.05. The number of rotatable bonds is 2. The van der Waals surface area contributed by atoms with Gasteiger partial charge in [-0.3, -0.25) is 4.79 Å². The normalized spacial score (nSPS) is 10.1. The number of benzene rings is 1. The van der Waals surface area contributed by atoms with E-state index < -0.39 is 23.2 Å². The Kier molecular flexibility index (Phi) is 2.68. The largest absolute Gasteiger partial charge is 0.367 e. The average Bonchev–Trinajstić information content (AvgIpc) is 2.76. The van der Waals surface area contributed by atoms with Crippen LogP contribution in [0.2, 0.25) is 0 Å². The zero-order valence-electron chi connectivity index (χ0n) is 8.13. The highest BCUT2D eigenvalue weighted by atomic mass is 19.1. The highest BCUT2D eigenvalue weighted by molar-refractivity contribution is 6.04. The molecule has 16 heavy (non-hydrogen) atoms. The SMILES string of the molecule is O=C(Nc1c(F)cccc1F)c1cc[nH]c1. The van der Waals surface area contributed by atoms with Crippen LogP contribution in [0.1, 0.15) is 10.4 Å². The summed E-state index contributed by atoms with van der Waals surface area (Å²) in [6, 6.07) is 4.90. The molecule has 1 aromatic carbocycles. The molecule has 0 saturated carbocycles. The van der Waals surface area contributed by atoms with E-state index >= 15 is 0 Å². The number of hydrogen-bond donors (Lipinski definition) is 2. The summed E-state index contributed by atoms with van der Waals surface area (Å²) in [5, 5.41) is 2.17. The second-order valence-electron chi connectivity index (χ2n) is 3.15. The topological polar surface area (TPSA) is 44.9 Å². The third kappa shape index (κ3) is 1.93. The number of aromatic nitrogens is 1. The molecule has 0 aliphatic rings. The summed E-state index contributed by atoms with van der Waals surface area (Å²) in [5.41, 5.74) is -0.128. The number of nitrogens with one attached hydrogen (secondary N) is 2. The number of carbonyl (C=O) groups excluding carboxylic acids is 1. The van der Waals surface area contributed by atoms with Crippen LogP contribution in [0.25, 0.3) is 0 Å². The molecule has 0 aliphatic heterocycles. The smallest absolute Gasteiger partial charge is 0.257 e. The second-order valence-corrected chi connectivity index (χ2v) is 3.15. The molecule has 2 aromatic rings. The van der Waals surface area contributed by atoms with Crippen LogP contribution in [0, 0.1) is 11.6 Å². The van der Waals surface area contributed by atoms with Gasteiger partial charge in [0.15, 0.2) is 0 Å². The molecule has 0 atom stereocenters. The maximum atomic E-state index is 13.2. The summed E-state index contributed by atoms with van der Waals surface area (Å²) < 4.78 is 26.4. The lowest BCUT2D eigenvalue weighted by atomic mass is 10.2. The highest BCUT2D eigenvalue weighted by Crippen LogP contribution is 2.18. The molecule has 0 radical (unpaired) electrons. The molecule has 0 spiro atoms. The quantitative estimate of drug-likeness (QED) is 0.805. The minimum absolute atomic E-state index is 0.308. The number of carbonyl (C=O) groups is 1. The van der Waals surface area contributed by atoms with Crippen LogP contribution < -0.4 is 5.32 Å². The van der Waals surface area contributed by atoms with E-state index in [0.717, 1.165) is 12.1 Å². The highest BCUT2D eigenvalue weighted by Gasteiger charge is 2.13. The fourth-order valence-corrected chi connectivity index (χ4v) is 1.27. The van der Waals surface area contributed by atoms with E-state index in [4.69, 9.17) is 0 Å². The first-order valence-corrected chi connectivity index (χ1v) is 4.56. The lowest BCUT2D eigenvalue weighted by molar-refractivity contribution is 0.102. The Labute approximate surface area is 90.1 Å². The number of amides is 1. The third-order valence-electron chi connectivity index (χ3n) is 2.06. The second kappa shape index (κ2) is 4.14. The van der Waals surface area contributed by atoms with Gasteiger partial charge in [-0.2, -0.15) is 0 Å². The third-order valence-corrected chi connectivity index (χ3v) is 2.06. The summed E-state index contributed by atoms with van der Waals surface area (Å²) >= 11 is 0. The standard InChI is InChI=1S/C11H8F2N2O/c12-8-2-1-3-9(13)10(8)15-11(16)7-4-5-14-6-7/h1-6,14H,(H,15,16). The molecule has 1 heterocycles. The summed E-state index contributed by atoms with van der Waals surface area (Å²) in [7, 11) is 0. The van der Waals surface area contributed by atoms with Crippen LogP contribution in [0.4, 0.5) is 14.5 Å². The molecule has 0 fully saturated rings. The zero-order chi connectivity index (χ0) is 11.5. The van der Waals surface area contributed by atoms with Gasteiger partial charge in [-0.15, -0.1) is 0 Å². The number of aromatic amines is 1. The van der Waals surface area contributed by atoms with Gasteiger partial charge in [0.25, 0.3) is 5.91 Å². The van der Waals surface area contributed by atoms with Crippen molar-refractivity contribution in [3.8, 4) is 0 Å². The van der Waals surface area contributed by atoms with Crippen molar-refractivity contribution in [1.29, 1.82) is 0 Å². The van der Waals surface area contributed by atoms with E-state index in [1.165, 1.54) is 18.3 Å². The maximum absolute atomic E-state index is 13.2. The van der Waals surface area contributed by atoms with E-state index in [-0.39, 0.29) is 0 Å². The first-order chi connectivity index (χ1) is 7.68. The monoisotopic (exact) mass is 222 g/mol. The molecule has 1 amide bonds. The Bertz CT molecular complexity index is 488. The van der Waals surface area contributed by atoms with E-state index in [0.29, 0.717) is 5.56 Å². The summed E-state index contributed by atoms with van der Waals surface area (Å²) in [5.74, 6) is -2.17. The van der Waals surface area contributed by atoms with Gasteiger partial charge in [-0.25, -0.2) is 8.78 Å². The summed E-state index contributed by atoms with van der Waals surface area (Å²) in [4.78, 5) is 14.2. The lowest BCUT2D eigenvalue weighted by Crippen LogP contribution is -2.13. The van der Waals surface area contributed by atoms with Crippen LogP contribution >= 0.6 is 0 Å². The van der Waals surface area contributed by atoms with Crippen LogP contribution in [-0.2, 0) is 0 Å². The van der Waals surface area contributed by atoms with Gasteiger partial charge in [0.05, 0.1) is 5.56 Å². The molecule has 0 unspecified atom stereocenters. The average molecular weight is 222 g/mol. The minimum atomic E-state index is -0.802. The van der Waals surface area contributed by atoms with E-state index in [2.05, 4.69) is 10.3 Å². The molecule has 5 heteroatoms. The molecule has 0 aliphatic carbocycles. The number of H-pyrrole nitrogens is 1. The van der Waals surface area contributed by atoms with Crippen molar-refractivity contribution in [2.75, 3.05) is 5.32 Å². The van der Waals surface area contributed by atoms with Crippen molar-refractivity contribution in [1.82, 2.24) is 4.98 Å². The van der Waals surface area contributed by atoms with Crippen molar-refractivity contribution in [2.24, 2.45) is 0 Å². The van der Waals surface area contributed by atoms with Gasteiger partial charge in [-0.1, -0.05) is 6.07 Å². The van der Waals surface area contributed by atoms with Crippen LogP contribution in [0.3, 0.4) is 0 Å². The number of halogens is 2.